The highest BCUT2D eigenvalue weighted by molar-refractivity contribution is 7.14. The number of amides is 2. The van der Waals surface area contributed by atoms with Gasteiger partial charge in [-0.15, -0.1) is 11.3 Å². The summed E-state index contributed by atoms with van der Waals surface area (Å²) in [6, 6.07) is 11.5. The Balaban J connectivity index is 1.68. The summed E-state index contributed by atoms with van der Waals surface area (Å²) in [6.45, 7) is 4.20. The van der Waals surface area contributed by atoms with Gasteiger partial charge in [-0.1, -0.05) is 18.2 Å². The summed E-state index contributed by atoms with van der Waals surface area (Å²) in [6.07, 6.45) is 3.21. The normalized spacial score (nSPS) is 11.5. The molecule has 0 spiro atoms. The van der Waals surface area contributed by atoms with E-state index in [0.717, 1.165) is 27.8 Å². The summed E-state index contributed by atoms with van der Waals surface area (Å²) in [5.74, 6) is 0.522. The number of nitrogens with one attached hydrogen (secondary N) is 1. The zero-order valence-corrected chi connectivity index (χ0v) is 20.4. The Morgan fingerprint density at radius 1 is 1.20 bits per heavy atom. The molecule has 4 aromatic rings. The van der Waals surface area contributed by atoms with Crippen LogP contribution in [0, 0.1) is 0 Å². The van der Waals surface area contributed by atoms with Crippen molar-refractivity contribution in [3.8, 4) is 22.6 Å². The first kappa shape index (κ1) is 24.0. The maximum Gasteiger partial charge on any atom is 0.250 e. The Labute approximate surface area is 206 Å². The Morgan fingerprint density at radius 3 is 2.74 bits per heavy atom. The zero-order valence-electron chi connectivity index (χ0n) is 19.6. The number of benzene rings is 2. The summed E-state index contributed by atoms with van der Waals surface area (Å²) < 4.78 is 17.2. The number of methoxy groups -OCH3 is 1. The van der Waals surface area contributed by atoms with E-state index < -0.39 is 5.91 Å². The molecule has 0 aliphatic carbocycles. The fourth-order valence-corrected chi connectivity index (χ4v) is 4.47. The van der Waals surface area contributed by atoms with Crippen LogP contribution in [-0.2, 0) is 16.0 Å². The molecule has 0 bridgehead atoms. The Morgan fingerprint density at radius 2 is 2.00 bits per heavy atom. The van der Waals surface area contributed by atoms with Crippen LogP contribution in [0.4, 0.5) is 5.13 Å². The van der Waals surface area contributed by atoms with E-state index in [1.165, 1.54) is 17.4 Å². The minimum absolute atomic E-state index is 0.0260. The number of thiazole rings is 1. The Hall–Kier alpha value is -4.11. The Kier molecular flexibility index (Phi) is 7.17. The molecule has 0 unspecified atom stereocenters. The number of nitrogens with two attached hydrogens (primary N) is 1. The number of furan rings is 1. The predicted octanol–water partition coefficient (Wildman–Crippen LogP) is 5.03. The molecule has 9 heteroatoms. The number of allylic oxidation sites excluding steroid dienone is 1. The molecule has 0 radical (unpaired) electrons. The van der Waals surface area contributed by atoms with Gasteiger partial charge in [0.15, 0.2) is 5.13 Å². The van der Waals surface area contributed by atoms with Gasteiger partial charge in [0.2, 0.25) is 11.8 Å². The second kappa shape index (κ2) is 10.4. The average Bonchev–Trinajstić information content (AvgIpc) is 3.44. The molecule has 2 amide bonds. The second-order valence-electron chi connectivity index (χ2n) is 7.73. The van der Waals surface area contributed by atoms with Gasteiger partial charge in [0.05, 0.1) is 32.1 Å². The summed E-state index contributed by atoms with van der Waals surface area (Å²) in [5.41, 5.74) is 9.64. The van der Waals surface area contributed by atoms with E-state index in [0.29, 0.717) is 34.3 Å². The number of anilines is 1. The molecule has 180 valence electrons. The van der Waals surface area contributed by atoms with Gasteiger partial charge in [-0.25, -0.2) is 4.98 Å². The lowest BCUT2D eigenvalue weighted by molar-refractivity contribution is -0.117. The van der Waals surface area contributed by atoms with Gasteiger partial charge in [-0.3, -0.25) is 14.9 Å². The molecule has 0 aliphatic rings. The summed E-state index contributed by atoms with van der Waals surface area (Å²) >= 11 is 1.23. The van der Waals surface area contributed by atoms with Crippen molar-refractivity contribution in [3.05, 3.63) is 65.4 Å². The van der Waals surface area contributed by atoms with E-state index in [1.54, 1.807) is 18.8 Å². The zero-order chi connectivity index (χ0) is 24.9. The topological polar surface area (TPSA) is 117 Å². The molecule has 3 N–H and O–H groups in total. The third-order valence-corrected chi connectivity index (χ3v) is 6.09. The number of nitrogens with zero attached hydrogens (tertiary/aromatic N) is 1. The minimum Gasteiger partial charge on any atom is -0.496 e. The smallest absolute Gasteiger partial charge is 0.250 e. The van der Waals surface area contributed by atoms with Gasteiger partial charge in [0, 0.05) is 39.6 Å². The molecule has 0 fully saturated rings. The molecule has 2 aromatic heterocycles. The van der Waals surface area contributed by atoms with Gasteiger partial charge < -0.3 is 19.6 Å². The van der Waals surface area contributed by atoms with E-state index in [-0.39, 0.29) is 12.3 Å². The molecule has 2 aromatic carbocycles. The maximum absolute atomic E-state index is 12.7. The SMILES string of the molecule is CCOc1cc2occ(-c3ccccc3OC)c2cc1/C(C)=C/C(=O)Nc1nc(CC(N)=O)cs1. The second-order valence-corrected chi connectivity index (χ2v) is 8.59. The number of hydrogen-bond acceptors (Lipinski definition) is 7. The summed E-state index contributed by atoms with van der Waals surface area (Å²) in [7, 11) is 1.63. The highest BCUT2D eigenvalue weighted by Gasteiger charge is 2.17. The van der Waals surface area contributed by atoms with Crippen LogP contribution in [0.25, 0.3) is 27.7 Å². The van der Waals surface area contributed by atoms with Crippen LogP contribution in [-0.4, -0.2) is 30.5 Å². The van der Waals surface area contributed by atoms with E-state index in [2.05, 4.69) is 10.3 Å². The lowest BCUT2D eigenvalue weighted by Gasteiger charge is -2.12. The van der Waals surface area contributed by atoms with Crippen molar-refractivity contribution in [2.75, 3.05) is 19.0 Å². The molecule has 0 saturated carbocycles. The number of primary amides is 1. The first-order valence-corrected chi connectivity index (χ1v) is 11.8. The number of carbonyl (C=O) groups excluding carboxylic acids is 2. The van der Waals surface area contributed by atoms with Crippen molar-refractivity contribution >= 4 is 44.8 Å². The van der Waals surface area contributed by atoms with Crippen LogP contribution in [0.1, 0.15) is 25.1 Å². The monoisotopic (exact) mass is 491 g/mol. The van der Waals surface area contributed by atoms with Gasteiger partial charge in [0.25, 0.3) is 0 Å². The van der Waals surface area contributed by atoms with Crippen molar-refractivity contribution in [1.29, 1.82) is 0 Å². The molecule has 0 atom stereocenters. The van der Waals surface area contributed by atoms with Gasteiger partial charge in [-0.2, -0.15) is 0 Å². The van der Waals surface area contributed by atoms with E-state index in [1.807, 2.05) is 50.2 Å². The van der Waals surface area contributed by atoms with E-state index in [9.17, 15) is 9.59 Å². The number of ether oxygens (including phenoxy) is 2. The predicted molar refractivity (Wildman–Crippen MR) is 137 cm³/mol. The summed E-state index contributed by atoms with van der Waals surface area (Å²) in [5, 5.41) is 5.69. The van der Waals surface area contributed by atoms with Crippen LogP contribution in [0.2, 0.25) is 0 Å². The van der Waals surface area contributed by atoms with Crippen LogP contribution < -0.4 is 20.5 Å². The molecule has 0 saturated heterocycles. The van der Waals surface area contributed by atoms with Crippen molar-refractivity contribution < 1.29 is 23.5 Å². The van der Waals surface area contributed by atoms with Crippen molar-refractivity contribution in [2.45, 2.75) is 20.3 Å². The average molecular weight is 492 g/mol. The lowest BCUT2D eigenvalue weighted by atomic mass is 9.98. The number of fused-ring (bicyclic) bond motifs is 1. The molecular formula is C26H25N3O5S. The number of hydrogen-bond donors (Lipinski definition) is 2. The van der Waals surface area contributed by atoms with Gasteiger partial charge in [0.1, 0.15) is 17.1 Å². The van der Waals surface area contributed by atoms with Crippen LogP contribution in [0.5, 0.6) is 11.5 Å². The quantitative estimate of drug-likeness (QED) is 0.317. The van der Waals surface area contributed by atoms with Crippen LogP contribution in [0.3, 0.4) is 0 Å². The van der Waals surface area contributed by atoms with E-state index in [4.69, 9.17) is 19.6 Å². The first-order valence-electron chi connectivity index (χ1n) is 10.9. The fourth-order valence-electron chi connectivity index (χ4n) is 3.75. The van der Waals surface area contributed by atoms with Crippen molar-refractivity contribution in [2.24, 2.45) is 5.73 Å². The molecule has 35 heavy (non-hydrogen) atoms. The molecule has 0 aliphatic heterocycles. The van der Waals surface area contributed by atoms with Gasteiger partial charge in [-0.05, 0) is 31.6 Å². The maximum atomic E-state index is 12.7. The van der Waals surface area contributed by atoms with Crippen LogP contribution in [0.15, 0.2) is 58.5 Å². The standard InChI is InChI=1S/C26H25N3O5S/c1-4-33-22-12-23-19(20(13-34-23)17-7-5-6-8-21(17)32-3)11-18(22)15(2)9-25(31)29-26-28-16(14-35-26)10-24(27)30/h5-9,11-14H,4,10H2,1-3H3,(H2,27,30)(H,28,29,31)/b15-9+. The highest BCUT2D eigenvalue weighted by atomic mass is 32.1. The third kappa shape index (κ3) is 5.36. The Bertz CT molecular complexity index is 1420. The number of aromatic nitrogens is 1. The fraction of sp³-hybridized carbons (Fsp3) is 0.192. The molecule has 4 rings (SSSR count). The van der Waals surface area contributed by atoms with E-state index >= 15 is 0 Å². The van der Waals surface area contributed by atoms with Crippen LogP contribution >= 0.6 is 11.3 Å². The summed E-state index contributed by atoms with van der Waals surface area (Å²) in [4.78, 5) is 28.0. The van der Waals surface area contributed by atoms with Gasteiger partial charge >= 0.3 is 0 Å². The first-order chi connectivity index (χ1) is 16.9. The number of para-hydroxylation sites is 1. The minimum atomic E-state index is -0.477. The van der Waals surface area contributed by atoms with Crippen molar-refractivity contribution in [1.82, 2.24) is 4.98 Å². The lowest BCUT2D eigenvalue weighted by Crippen LogP contribution is -2.14. The number of carbonyl (C=O) groups is 2. The largest absolute Gasteiger partial charge is 0.496 e. The molecule has 8 nitrogen and oxygen atoms in total. The third-order valence-electron chi connectivity index (χ3n) is 5.28. The number of rotatable bonds is 9. The molecular weight excluding hydrogens is 466 g/mol. The van der Waals surface area contributed by atoms with Crippen molar-refractivity contribution in [3.63, 3.8) is 0 Å². The molecule has 2 heterocycles. The highest BCUT2D eigenvalue weighted by Crippen LogP contribution is 2.40.